The van der Waals surface area contributed by atoms with Gasteiger partial charge in [0.2, 0.25) is 0 Å². The van der Waals surface area contributed by atoms with Crippen molar-refractivity contribution in [1.29, 1.82) is 0 Å². The molecule has 0 aliphatic carbocycles. The summed E-state index contributed by atoms with van der Waals surface area (Å²) >= 11 is 0. The summed E-state index contributed by atoms with van der Waals surface area (Å²) in [6, 6.07) is 5.14. The monoisotopic (exact) mass is 473 g/mol. The fourth-order valence-corrected chi connectivity index (χ4v) is 6.29. The normalized spacial score (nSPS) is 20.9. The largest absolute Gasteiger partial charge is 0.463 e. The van der Waals surface area contributed by atoms with Gasteiger partial charge in [0.15, 0.2) is 21.3 Å². The highest BCUT2D eigenvalue weighted by Gasteiger charge is 2.32. The fourth-order valence-electron chi connectivity index (χ4n) is 4.59. The van der Waals surface area contributed by atoms with E-state index in [1.165, 1.54) is 0 Å². The lowest BCUT2D eigenvalue weighted by Crippen LogP contribution is -2.41. The number of carbonyl (C=O) groups excluding carboxylic acids is 1. The second kappa shape index (κ2) is 8.88. The van der Waals surface area contributed by atoms with E-state index >= 15 is 0 Å². The number of furan rings is 1. The maximum absolute atomic E-state index is 13.2. The highest BCUT2D eigenvalue weighted by atomic mass is 32.2. The van der Waals surface area contributed by atoms with Crippen LogP contribution in [0.1, 0.15) is 28.8 Å². The van der Waals surface area contributed by atoms with E-state index in [0.29, 0.717) is 54.5 Å². The van der Waals surface area contributed by atoms with Crippen LogP contribution in [0, 0.1) is 6.92 Å². The van der Waals surface area contributed by atoms with Crippen molar-refractivity contribution in [3.63, 3.8) is 0 Å². The molecular formula is C22H27N5O5S. The number of fused-ring (bicyclic) bond motifs is 1. The van der Waals surface area contributed by atoms with Crippen LogP contribution in [0.3, 0.4) is 0 Å². The molecule has 1 unspecified atom stereocenters. The van der Waals surface area contributed by atoms with E-state index in [1.54, 1.807) is 18.4 Å². The number of sulfone groups is 1. The maximum Gasteiger partial charge on any atom is 0.272 e. The Labute approximate surface area is 191 Å². The Hall–Kier alpha value is -2.76. The van der Waals surface area contributed by atoms with Gasteiger partial charge >= 0.3 is 0 Å². The first-order valence-electron chi connectivity index (χ1n) is 11.1. The zero-order valence-corrected chi connectivity index (χ0v) is 19.3. The minimum Gasteiger partial charge on any atom is -0.463 e. The first-order valence-corrected chi connectivity index (χ1v) is 13.0. The average molecular weight is 474 g/mol. The number of nitrogens with zero attached hydrogens (tertiary/aromatic N) is 4. The van der Waals surface area contributed by atoms with Crippen molar-refractivity contribution in [2.24, 2.45) is 0 Å². The molecule has 0 radical (unpaired) electrons. The van der Waals surface area contributed by atoms with Crippen LogP contribution < -0.4 is 5.32 Å². The van der Waals surface area contributed by atoms with Crippen LogP contribution in [-0.4, -0.2) is 84.7 Å². The van der Waals surface area contributed by atoms with Gasteiger partial charge in [-0.2, -0.15) is 0 Å². The molecule has 176 valence electrons. The van der Waals surface area contributed by atoms with Gasteiger partial charge in [-0.3, -0.25) is 9.69 Å². The third-order valence-corrected chi connectivity index (χ3v) is 7.98. The molecule has 33 heavy (non-hydrogen) atoms. The van der Waals surface area contributed by atoms with Gasteiger partial charge in [0.05, 0.1) is 42.5 Å². The number of aryl methyl sites for hydroxylation is 1. The zero-order chi connectivity index (χ0) is 23.0. The average Bonchev–Trinajstić information content (AvgIpc) is 3.52. The van der Waals surface area contributed by atoms with Gasteiger partial charge in [0.1, 0.15) is 17.0 Å². The molecule has 11 heteroatoms. The molecule has 0 bridgehead atoms. The van der Waals surface area contributed by atoms with Crippen LogP contribution in [0.15, 0.2) is 28.9 Å². The number of hydrogen-bond acceptors (Lipinski definition) is 8. The van der Waals surface area contributed by atoms with Crippen LogP contribution in [-0.2, 0) is 14.6 Å². The van der Waals surface area contributed by atoms with Crippen molar-refractivity contribution in [3.8, 4) is 11.5 Å². The second-order valence-corrected chi connectivity index (χ2v) is 10.7. The van der Waals surface area contributed by atoms with Crippen molar-refractivity contribution in [2.75, 3.05) is 50.9 Å². The number of pyridine rings is 1. The Bertz CT molecular complexity index is 1260. The Morgan fingerprint density at radius 2 is 2.09 bits per heavy atom. The lowest BCUT2D eigenvalue weighted by molar-refractivity contribution is 0.0383. The van der Waals surface area contributed by atoms with Crippen LogP contribution in [0.4, 0.5) is 0 Å². The summed E-state index contributed by atoms with van der Waals surface area (Å²) in [7, 11) is -3.09. The number of amides is 1. The van der Waals surface area contributed by atoms with E-state index < -0.39 is 9.84 Å². The minimum atomic E-state index is -3.09. The Kier molecular flexibility index (Phi) is 5.94. The van der Waals surface area contributed by atoms with E-state index in [4.69, 9.17) is 9.15 Å². The molecule has 2 aliphatic heterocycles. The summed E-state index contributed by atoms with van der Waals surface area (Å²) in [5, 5.41) is 2.96. The number of ether oxygens (including phenoxy) is 1. The first-order chi connectivity index (χ1) is 15.9. The molecule has 3 aromatic heterocycles. The number of nitrogens with one attached hydrogen (secondary N) is 1. The summed E-state index contributed by atoms with van der Waals surface area (Å²) in [5.74, 6) is 1.10. The van der Waals surface area contributed by atoms with Gasteiger partial charge in [0, 0.05) is 26.2 Å². The SMILES string of the molecule is Cc1nc2c(C(=O)NCCN3CCOCC3)nc(-c3ccco3)cc2n1C1CCS(=O)(=O)C1. The van der Waals surface area contributed by atoms with Crippen molar-refractivity contribution in [1.82, 2.24) is 24.8 Å². The number of carbonyl (C=O) groups is 1. The minimum absolute atomic E-state index is 0.0682. The fraction of sp³-hybridized carbons (Fsp3) is 0.500. The van der Waals surface area contributed by atoms with Crippen molar-refractivity contribution in [2.45, 2.75) is 19.4 Å². The number of morpholine rings is 1. The molecule has 2 fully saturated rings. The standard InChI is InChI=1S/C22H27N5O5S/c1-15-24-20-18(27(15)16-4-12-33(29,30)14-16)13-17(19-3-2-9-32-19)25-21(20)22(28)23-5-6-26-7-10-31-11-8-26/h2-3,9,13,16H,4-8,10-12,14H2,1H3,(H,23,28). The molecule has 1 N–H and O–H groups in total. The number of imidazole rings is 1. The molecule has 3 aromatic rings. The van der Waals surface area contributed by atoms with Crippen molar-refractivity contribution >= 4 is 26.8 Å². The molecule has 1 atom stereocenters. The zero-order valence-electron chi connectivity index (χ0n) is 18.5. The lowest BCUT2D eigenvalue weighted by atomic mass is 10.2. The summed E-state index contributed by atoms with van der Waals surface area (Å²) in [4.78, 5) is 24.6. The molecule has 0 aromatic carbocycles. The quantitative estimate of drug-likeness (QED) is 0.571. The molecule has 0 spiro atoms. The van der Waals surface area contributed by atoms with Crippen LogP contribution in [0.5, 0.6) is 0 Å². The van der Waals surface area contributed by atoms with Gasteiger partial charge in [-0.15, -0.1) is 0 Å². The van der Waals surface area contributed by atoms with E-state index in [-0.39, 0.29) is 29.1 Å². The van der Waals surface area contributed by atoms with E-state index in [0.717, 1.165) is 19.6 Å². The van der Waals surface area contributed by atoms with Crippen molar-refractivity contribution < 1.29 is 22.4 Å². The van der Waals surface area contributed by atoms with E-state index in [9.17, 15) is 13.2 Å². The van der Waals surface area contributed by atoms with Gasteiger partial charge in [0.25, 0.3) is 5.91 Å². The predicted octanol–water partition coefficient (Wildman–Crippen LogP) is 1.42. The summed E-state index contributed by atoms with van der Waals surface area (Å²) in [6.45, 7) is 6.14. The molecule has 5 heterocycles. The Balaban J connectivity index is 1.49. The molecule has 5 rings (SSSR count). The maximum atomic E-state index is 13.2. The van der Waals surface area contributed by atoms with Gasteiger partial charge < -0.3 is 19.0 Å². The van der Waals surface area contributed by atoms with Gasteiger partial charge in [-0.25, -0.2) is 18.4 Å². The summed E-state index contributed by atoms with van der Waals surface area (Å²) in [6.07, 6.45) is 2.07. The van der Waals surface area contributed by atoms with E-state index in [2.05, 4.69) is 20.2 Å². The van der Waals surface area contributed by atoms with Gasteiger partial charge in [-0.05, 0) is 31.5 Å². The van der Waals surface area contributed by atoms with Crippen LogP contribution in [0.25, 0.3) is 22.5 Å². The van der Waals surface area contributed by atoms with Crippen molar-refractivity contribution in [3.05, 3.63) is 36.0 Å². The third kappa shape index (κ3) is 4.53. The summed E-state index contributed by atoms with van der Waals surface area (Å²) < 4.78 is 37.1. The molecular weight excluding hydrogens is 446 g/mol. The smallest absolute Gasteiger partial charge is 0.272 e. The number of rotatable bonds is 6. The molecule has 1 amide bonds. The Morgan fingerprint density at radius 1 is 1.27 bits per heavy atom. The van der Waals surface area contributed by atoms with Crippen LogP contribution in [0.2, 0.25) is 0 Å². The first kappa shape index (κ1) is 22.1. The predicted molar refractivity (Wildman–Crippen MR) is 122 cm³/mol. The molecule has 2 saturated heterocycles. The number of aromatic nitrogens is 3. The molecule has 10 nitrogen and oxygen atoms in total. The molecule has 2 aliphatic rings. The van der Waals surface area contributed by atoms with Crippen LogP contribution >= 0.6 is 0 Å². The highest BCUT2D eigenvalue weighted by Crippen LogP contribution is 2.32. The second-order valence-electron chi connectivity index (χ2n) is 8.50. The lowest BCUT2D eigenvalue weighted by Gasteiger charge is -2.26. The Morgan fingerprint density at radius 3 is 2.79 bits per heavy atom. The highest BCUT2D eigenvalue weighted by molar-refractivity contribution is 7.91. The molecule has 0 saturated carbocycles. The third-order valence-electron chi connectivity index (χ3n) is 6.23. The van der Waals surface area contributed by atoms with E-state index in [1.807, 2.05) is 17.6 Å². The topological polar surface area (TPSA) is 120 Å². The number of hydrogen-bond donors (Lipinski definition) is 1. The van der Waals surface area contributed by atoms with Gasteiger partial charge in [-0.1, -0.05) is 0 Å². The summed E-state index contributed by atoms with van der Waals surface area (Å²) in [5.41, 5.74) is 1.88.